The minimum atomic E-state index is -0.824. The summed E-state index contributed by atoms with van der Waals surface area (Å²) in [5.74, 6) is -1.02. The Bertz CT molecular complexity index is 1580. The van der Waals surface area contributed by atoms with E-state index in [0.29, 0.717) is 19.3 Å². The van der Waals surface area contributed by atoms with E-state index in [-0.39, 0.29) is 37.5 Å². The highest BCUT2D eigenvalue weighted by Crippen LogP contribution is 2.16. The minimum absolute atomic E-state index is 0.121. The molecule has 0 aliphatic heterocycles. The molecule has 0 bridgehead atoms. The number of esters is 3. The molecule has 0 spiro atoms. The number of carbonyl (C=O) groups is 3. The molecular formula is C67H108O6. The number of unbranched alkanes of at least 4 members (excludes halogenated alkanes) is 25. The molecule has 0 aliphatic rings. The third kappa shape index (κ3) is 58.3. The summed E-state index contributed by atoms with van der Waals surface area (Å²) in [6.07, 6.45) is 84.4. The number of hydrogen-bond donors (Lipinski definition) is 0. The molecule has 0 saturated carbocycles. The van der Waals surface area contributed by atoms with Gasteiger partial charge in [-0.25, -0.2) is 0 Å². The van der Waals surface area contributed by atoms with Gasteiger partial charge in [-0.05, 0) is 77.0 Å². The lowest BCUT2D eigenvalue weighted by Crippen LogP contribution is -2.30. The van der Waals surface area contributed by atoms with Gasteiger partial charge < -0.3 is 14.2 Å². The van der Waals surface area contributed by atoms with Crippen LogP contribution < -0.4 is 0 Å². The zero-order chi connectivity index (χ0) is 52.9. The molecule has 0 amide bonds. The lowest BCUT2D eigenvalue weighted by molar-refractivity contribution is -0.167. The summed E-state index contributed by atoms with van der Waals surface area (Å²) in [6.45, 7) is 6.39. The average molecular weight is 1010 g/mol. The predicted molar refractivity (Wildman–Crippen MR) is 316 cm³/mol. The van der Waals surface area contributed by atoms with Crippen LogP contribution in [-0.4, -0.2) is 37.2 Å². The van der Waals surface area contributed by atoms with Crippen molar-refractivity contribution in [1.29, 1.82) is 0 Å². The molecular weight excluding hydrogens is 901 g/mol. The summed E-state index contributed by atoms with van der Waals surface area (Å²) in [4.78, 5) is 38.2. The van der Waals surface area contributed by atoms with E-state index >= 15 is 0 Å². The van der Waals surface area contributed by atoms with E-state index < -0.39 is 6.10 Å². The third-order valence-corrected chi connectivity index (χ3v) is 12.3. The van der Waals surface area contributed by atoms with Crippen LogP contribution in [0.1, 0.15) is 252 Å². The second kappa shape index (κ2) is 60.1. The Kier molecular flexibility index (Phi) is 56.4. The number of ether oxygens (including phenoxy) is 3. The Labute approximate surface area is 449 Å². The van der Waals surface area contributed by atoms with Crippen molar-refractivity contribution in [2.45, 2.75) is 258 Å². The molecule has 0 aromatic rings. The van der Waals surface area contributed by atoms with Crippen LogP contribution in [0.2, 0.25) is 0 Å². The van der Waals surface area contributed by atoms with Gasteiger partial charge in [0.25, 0.3) is 0 Å². The fourth-order valence-corrected chi connectivity index (χ4v) is 7.89. The van der Waals surface area contributed by atoms with Gasteiger partial charge in [-0.2, -0.15) is 0 Å². The van der Waals surface area contributed by atoms with Crippen molar-refractivity contribution in [3.63, 3.8) is 0 Å². The summed E-state index contributed by atoms with van der Waals surface area (Å²) in [5, 5.41) is 0. The molecule has 0 N–H and O–H groups in total. The Morgan fingerprint density at radius 1 is 0.301 bits per heavy atom. The molecule has 0 aromatic carbocycles. The summed E-state index contributed by atoms with van der Waals surface area (Å²) in [7, 11) is 0. The second-order valence-electron chi connectivity index (χ2n) is 19.4. The molecule has 0 aliphatic carbocycles. The Morgan fingerprint density at radius 2 is 0.603 bits per heavy atom. The van der Waals surface area contributed by atoms with Crippen LogP contribution in [0.5, 0.6) is 0 Å². The summed E-state index contributed by atoms with van der Waals surface area (Å²) in [5.41, 5.74) is 0. The Hall–Kier alpha value is -4.45. The van der Waals surface area contributed by atoms with Gasteiger partial charge in [0.15, 0.2) is 6.10 Å². The predicted octanol–water partition coefficient (Wildman–Crippen LogP) is 20.2. The summed E-state index contributed by atoms with van der Waals surface area (Å²) in [6, 6.07) is 0. The SMILES string of the molecule is CC\C=C/C=C\C=C/C=C\C=C\C=C/C=C\CCCCCC(=O)OCC(COC(=O)CCC/C=C\C/C=C\C/C=C\C/C=C\CCCCC)OC(=O)CCCCCCCCCCCCCCCCCCCCC. The van der Waals surface area contributed by atoms with Crippen molar-refractivity contribution < 1.29 is 28.6 Å². The van der Waals surface area contributed by atoms with Crippen LogP contribution in [0, 0.1) is 0 Å². The molecule has 6 heteroatoms. The maximum atomic E-state index is 12.9. The van der Waals surface area contributed by atoms with Crippen LogP contribution in [-0.2, 0) is 28.6 Å². The van der Waals surface area contributed by atoms with E-state index in [2.05, 4.69) is 81.5 Å². The highest BCUT2D eigenvalue weighted by molar-refractivity contribution is 5.71. The number of allylic oxidation sites excluding steroid dienone is 22. The summed E-state index contributed by atoms with van der Waals surface area (Å²) < 4.78 is 16.8. The van der Waals surface area contributed by atoms with Gasteiger partial charge in [0.2, 0.25) is 0 Å². The van der Waals surface area contributed by atoms with Gasteiger partial charge in [-0.3, -0.25) is 14.4 Å². The van der Waals surface area contributed by atoms with E-state index in [1.807, 2.05) is 72.9 Å². The van der Waals surface area contributed by atoms with Gasteiger partial charge in [-0.15, -0.1) is 0 Å². The highest BCUT2D eigenvalue weighted by Gasteiger charge is 2.19. The van der Waals surface area contributed by atoms with Gasteiger partial charge in [-0.1, -0.05) is 289 Å². The van der Waals surface area contributed by atoms with E-state index in [0.717, 1.165) is 77.0 Å². The van der Waals surface area contributed by atoms with E-state index in [1.165, 1.54) is 128 Å². The van der Waals surface area contributed by atoms with Crippen molar-refractivity contribution in [2.75, 3.05) is 13.2 Å². The van der Waals surface area contributed by atoms with Crippen molar-refractivity contribution >= 4 is 17.9 Å². The molecule has 73 heavy (non-hydrogen) atoms. The topological polar surface area (TPSA) is 78.9 Å². The molecule has 0 radical (unpaired) electrons. The zero-order valence-corrected chi connectivity index (χ0v) is 47.1. The Balaban J connectivity index is 4.56. The molecule has 0 heterocycles. The molecule has 0 aromatic heterocycles. The maximum absolute atomic E-state index is 12.9. The first kappa shape index (κ1) is 68.6. The monoisotopic (exact) mass is 1010 g/mol. The fraction of sp³-hybridized carbons (Fsp3) is 0.627. The van der Waals surface area contributed by atoms with Gasteiger partial charge in [0.1, 0.15) is 13.2 Å². The smallest absolute Gasteiger partial charge is 0.306 e. The molecule has 0 fully saturated rings. The van der Waals surface area contributed by atoms with Crippen LogP contribution in [0.15, 0.2) is 134 Å². The van der Waals surface area contributed by atoms with Crippen molar-refractivity contribution in [3.05, 3.63) is 134 Å². The normalized spacial score (nSPS) is 13.1. The second-order valence-corrected chi connectivity index (χ2v) is 19.4. The van der Waals surface area contributed by atoms with Crippen LogP contribution in [0.3, 0.4) is 0 Å². The van der Waals surface area contributed by atoms with Crippen molar-refractivity contribution in [1.82, 2.24) is 0 Å². The molecule has 6 nitrogen and oxygen atoms in total. The first-order valence-electron chi connectivity index (χ1n) is 29.8. The van der Waals surface area contributed by atoms with Crippen LogP contribution in [0.25, 0.3) is 0 Å². The van der Waals surface area contributed by atoms with Gasteiger partial charge >= 0.3 is 17.9 Å². The van der Waals surface area contributed by atoms with E-state index in [1.54, 1.807) is 0 Å². The van der Waals surface area contributed by atoms with Gasteiger partial charge in [0.05, 0.1) is 0 Å². The van der Waals surface area contributed by atoms with Crippen LogP contribution in [0.4, 0.5) is 0 Å². The molecule has 0 saturated heterocycles. The average Bonchev–Trinajstić information content (AvgIpc) is 3.39. The number of carbonyl (C=O) groups excluding carboxylic acids is 3. The minimum Gasteiger partial charge on any atom is -0.462 e. The van der Waals surface area contributed by atoms with Crippen LogP contribution >= 0.6 is 0 Å². The first-order chi connectivity index (χ1) is 36.0. The molecule has 412 valence electrons. The first-order valence-corrected chi connectivity index (χ1v) is 29.8. The summed E-state index contributed by atoms with van der Waals surface area (Å²) >= 11 is 0. The quantitative estimate of drug-likeness (QED) is 0.0199. The highest BCUT2D eigenvalue weighted by atomic mass is 16.6. The Morgan fingerprint density at radius 3 is 1.04 bits per heavy atom. The zero-order valence-electron chi connectivity index (χ0n) is 47.1. The van der Waals surface area contributed by atoms with Crippen molar-refractivity contribution in [2.24, 2.45) is 0 Å². The van der Waals surface area contributed by atoms with Gasteiger partial charge in [0, 0.05) is 19.3 Å². The largest absolute Gasteiger partial charge is 0.462 e. The third-order valence-electron chi connectivity index (χ3n) is 12.3. The molecule has 1 unspecified atom stereocenters. The lowest BCUT2D eigenvalue weighted by Gasteiger charge is -2.18. The maximum Gasteiger partial charge on any atom is 0.306 e. The lowest BCUT2D eigenvalue weighted by atomic mass is 10.0. The standard InChI is InChI=1S/C67H108O6/c1-4-7-10-13-16-19-22-25-28-31-33-36-39-42-45-48-51-54-57-60-66(69)72-63-64(62-71-65(68)59-56-53-50-47-44-41-38-35-30-27-24-21-18-15-12-9-6-3)73-67(70)61-58-55-52-49-46-43-40-37-34-32-29-26-23-20-17-14-11-8-5-2/h7,10,13,16,18-19,21-22,25,27-28,30-31,33,36,38-39,41-42,45,47,50,64H,4-6,8-9,11-12,14-15,17,20,23-24,26,29,32,34-35,37,40,43-44,46,48-49,51-63H2,1-3H3/b10-7-,16-13-,21-18-,22-19-,28-25-,30-27-,33-31+,39-36-,41-38-,45-42-,50-47-. The number of hydrogen-bond acceptors (Lipinski definition) is 6. The van der Waals surface area contributed by atoms with Crippen molar-refractivity contribution in [3.8, 4) is 0 Å². The molecule has 0 rings (SSSR count). The van der Waals surface area contributed by atoms with E-state index in [9.17, 15) is 14.4 Å². The fourth-order valence-electron chi connectivity index (χ4n) is 7.89. The molecule has 1 atom stereocenters. The van der Waals surface area contributed by atoms with E-state index in [4.69, 9.17) is 14.2 Å². The number of rotatable bonds is 52.